The second-order valence-corrected chi connectivity index (χ2v) is 8.69. The van der Waals surface area contributed by atoms with E-state index in [1.807, 2.05) is 19.9 Å². The Morgan fingerprint density at radius 1 is 1.32 bits per heavy atom. The summed E-state index contributed by atoms with van der Waals surface area (Å²) < 4.78 is 18.9. The van der Waals surface area contributed by atoms with Gasteiger partial charge in [0, 0.05) is 18.4 Å². The number of carbonyl (C=O) groups excluding carboxylic acids is 1. The standard InChI is InChI=1S/C23H39FO4/c1-5-6-15-23(2,3)21(26)14-13-18-17(19(24)16-20(18)25)11-9-7-8-10-12-22(27)28-4/h10,12-14,17-21,25-26H,5-9,11,15-16H2,1-4H3/t17-,18-,19-,20-,21-/m1/s1. The van der Waals surface area contributed by atoms with Gasteiger partial charge in [0.2, 0.25) is 0 Å². The molecule has 28 heavy (non-hydrogen) atoms. The van der Waals surface area contributed by atoms with Crippen molar-refractivity contribution in [1.29, 1.82) is 0 Å². The highest BCUT2D eigenvalue weighted by molar-refractivity contribution is 5.81. The minimum atomic E-state index is -1.01. The number of unbranched alkanes of at least 4 members (excludes halogenated alkanes) is 3. The zero-order valence-corrected chi connectivity index (χ0v) is 17.9. The number of allylic oxidation sites excluding steroid dienone is 1. The summed E-state index contributed by atoms with van der Waals surface area (Å²) in [7, 11) is 1.34. The molecule has 1 saturated carbocycles. The minimum absolute atomic E-state index is 0.164. The van der Waals surface area contributed by atoms with E-state index in [0.717, 1.165) is 38.5 Å². The molecule has 2 N–H and O–H groups in total. The van der Waals surface area contributed by atoms with E-state index >= 15 is 0 Å². The van der Waals surface area contributed by atoms with Crippen LogP contribution in [0.25, 0.3) is 0 Å². The molecule has 5 atom stereocenters. The van der Waals surface area contributed by atoms with Gasteiger partial charge < -0.3 is 14.9 Å². The summed E-state index contributed by atoms with van der Waals surface area (Å²) in [5.41, 5.74) is -0.230. The van der Waals surface area contributed by atoms with Crippen LogP contribution in [0.4, 0.5) is 4.39 Å². The molecule has 0 aromatic carbocycles. The first-order chi connectivity index (χ1) is 13.2. The van der Waals surface area contributed by atoms with Gasteiger partial charge in [0.1, 0.15) is 6.17 Å². The number of hydrogen-bond acceptors (Lipinski definition) is 4. The van der Waals surface area contributed by atoms with E-state index in [4.69, 9.17) is 0 Å². The van der Waals surface area contributed by atoms with E-state index in [1.54, 1.807) is 12.2 Å². The fourth-order valence-corrected chi connectivity index (χ4v) is 3.90. The average molecular weight is 399 g/mol. The van der Waals surface area contributed by atoms with Gasteiger partial charge in [-0.2, -0.15) is 0 Å². The molecule has 1 fully saturated rings. The van der Waals surface area contributed by atoms with E-state index < -0.39 is 18.4 Å². The molecule has 4 nitrogen and oxygen atoms in total. The molecule has 0 heterocycles. The number of esters is 1. The van der Waals surface area contributed by atoms with E-state index in [9.17, 15) is 19.4 Å². The smallest absolute Gasteiger partial charge is 0.330 e. The number of aliphatic hydroxyl groups excluding tert-OH is 2. The third-order valence-corrected chi connectivity index (χ3v) is 5.97. The summed E-state index contributed by atoms with van der Waals surface area (Å²) in [4.78, 5) is 11.0. The summed E-state index contributed by atoms with van der Waals surface area (Å²) in [6, 6.07) is 0. The van der Waals surface area contributed by atoms with Crippen LogP contribution in [0.2, 0.25) is 0 Å². The van der Waals surface area contributed by atoms with Crippen molar-refractivity contribution in [3.05, 3.63) is 24.3 Å². The predicted octanol–water partition coefficient (Wildman–Crippen LogP) is 4.74. The summed E-state index contributed by atoms with van der Waals surface area (Å²) in [5, 5.41) is 20.8. The molecule has 1 aliphatic rings. The molecular weight excluding hydrogens is 359 g/mol. The van der Waals surface area contributed by atoms with Gasteiger partial charge in [-0.15, -0.1) is 0 Å². The first kappa shape index (κ1) is 24.8. The van der Waals surface area contributed by atoms with Crippen molar-refractivity contribution in [3.8, 4) is 0 Å². The number of methoxy groups -OCH3 is 1. The first-order valence-electron chi connectivity index (χ1n) is 10.7. The van der Waals surface area contributed by atoms with Gasteiger partial charge in [-0.1, -0.05) is 58.3 Å². The zero-order chi connectivity index (χ0) is 21.2. The van der Waals surface area contributed by atoms with Gasteiger partial charge >= 0.3 is 5.97 Å². The molecule has 0 saturated heterocycles. The monoisotopic (exact) mass is 398 g/mol. The van der Waals surface area contributed by atoms with Crippen LogP contribution in [0, 0.1) is 17.3 Å². The molecule has 0 spiro atoms. The van der Waals surface area contributed by atoms with Crippen molar-refractivity contribution in [2.75, 3.05) is 7.11 Å². The average Bonchev–Trinajstić information content (AvgIpc) is 2.93. The summed E-state index contributed by atoms with van der Waals surface area (Å²) in [6.07, 6.45) is 10.8. The molecule has 0 radical (unpaired) electrons. The normalized spacial score (nSPS) is 27.0. The van der Waals surface area contributed by atoms with Crippen LogP contribution in [0.15, 0.2) is 24.3 Å². The maximum Gasteiger partial charge on any atom is 0.330 e. The molecule has 0 aromatic rings. The second-order valence-electron chi connectivity index (χ2n) is 8.69. The zero-order valence-electron chi connectivity index (χ0n) is 17.9. The SMILES string of the molecule is CCCCC(C)(C)[C@H](O)C=C[C@@H]1[C@@H](CCCCC=CC(=O)OC)[C@H](F)C[C@H]1O. The van der Waals surface area contributed by atoms with Crippen molar-refractivity contribution in [2.24, 2.45) is 17.3 Å². The van der Waals surface area contributed by atoms with Crippen molar-refractivity contribution >= 4 is 5.97 Å². The van der Waals surface area contributed by atoms with Crippen molar-refractivity contribution in [3.63, 3.8) is 0 Å². The minimum Gasteiger partial charge on any atom is -0.466 e. The summed E-state index contributed by atoms with van der Waals surface area (Å²) in [6.45, 7) is 6.21. The topological polar surface area (TPSA) is 66.8 Å². The molecule has 162 valence electrons. The lowest BCUT2D eigenvalue weighted by molar-refractivity contribution is -0.134. The quantitative estimate of drug-likeness (QED) is 0.216. The van der Waals surface area contributed by atoms with E-state index in [0.29, 0.717) is 6.42 Å². The molecule has 1 aliphatic carbocycles. The van der Waals surface area contributed by atoms with E-state index in [-0.39, 0.29) is 29.6 Å². The Kier molecular flexibility index (Phi) is 11.0. The fourth-order valence-electron chi connectivity index (χ4n) is 3.90. The molecule has 1 rings (SSSR count). The Hall–Kier alpha value is -1.20. The van der Waals surface area contributed by atoms with Gasteiger partial charge in [0.15, 0.2) is 0 Å². The van der Waals surface area contributed by atoms with Crippen LogP contribution in [-0.4, -0.2) is 41.7 Å². The number of aliphatic hydroxyl groups is 2. The van der Waals surface area contributed by atoms with Gasteiger partial charge in [-0.05, 0) is 37.0 Å². The van der Waals surface area contributed by atoms with E-state index in [2.05, 4.69) is 11.7 Å². The number of alkyl halides is 1. The predicted molar refractivity (Wildman–Crippen MR) is 111 cm³/mol. The Bertz CT molecular complexity index is 515. The molecule has 5 heteroatoms. The van der Waals surface area contributed by atoms with Gasteiger partial charge in [0.25, 0.3) is 0 Å². The highest BCUT2D eigenvalue weighted by Gasteiger charge is 2.41. The van der Waals surface area contributed by atoms with Crippen molar-refractivity contribution < 1.29 is 24.1 Å². The third-order valence-electron chi connectivity index (χ3n) is 5.97. The fraction of sp³-hybridized carbons (Fsp3) is 0.783. The van der Waals surface area contributed by atoms with Crippen LogP contribution in [0.1, 0.15) is 72.1 Å². The largest absolute Gasteiger partial charge is 0.466 e. The lowest BCUT2D eigenvalue weighted by atomic mass is 9.80. The van der Waals surface area contributed by atoms with Crippen LogP contribution >= 0.6 is 0 Å². The van der Waals surface area contributed by atoms with Gasteiger partial charge in [-0.25, -0.2) is 9.18 Å². The van der Waals surface area contributed by atoms with Gasteiger partial charge in [0.05, 0.1) is 19.3 Å². The molecule has 0 unspecified atom stereocenters. The number of halogens is 1. The molecule has 0 bridgehead atoms. The second kappa shape index (κ2) is 12.4. The Labute approximate surface area is 169 Å². The van der Waals surface area contributed by atoms with Crippen molar-refractivity contribution in [1.82, 2.24) is 0 Å². The number of hydrogen-bond donors (Lipinski definition) is 2. The third kappa shape index (κ3) is 8.04. The summed E-state index contributed by atoms with van der Waals surface area (Å²) in [5.74, 6) is -0.840. The molecule has 0 amide bonds. The van der Waals surface area contributed by atoms with Crippen LogP contribution in [0.3, 0.4) is 0 Å². The summed E-state index contributed by atoms with van der Waals surface area (Å²) >= 11 is 0. The lowest BCUT2D eigenvalue weighted by Crippen LogP contribution is -2.28. The van der Waals surface area contributed by atoms with Gasteiger partial charge in [-0.3, -0.25) is 0 Å². The van der Waals surface area contributed by atoms with Crippen LogP contribution < -0.4 is 0 Å². The molecule has 0 aromatic heterocycles. The highest BCUT2D eigenvalue weighted by atomic mass is 19.1. The number of ether oxygens (including phenoxy) is 1. The van der Waals surface area contributed by atoms with Crippen LogP contribution in [0.5, 0.6) is 0 Å². The van der Waals surface area contributed by atoms with Crippen molar-refractivity contribution in [2.45, 2.75) is 90.5 Å². The Balaban J connectivity index is 2.56. The maximum absolute atomic E-state index is 14.4. The Morgan fingerprint density at radius 2 is 2.04 bits per heavy atom. The van der Waals surface area contributed by atoms with E-state index in [1.165, 1.54) is 13.2 Å². The number of carbonyl (C=O) groups is 1. The maximum atomic E-state index is 14.4. The molecule has 0 aliphatic heterocycles. The Morgan fingerprint density at radius 3 is 2.68 bits per heavy atom. The number of rotatable bonds is 12. The molecular formula is C23H39FO4. The first-order valence-corrected chi connectivity index (χ1v) is 10.7. The van der Waals surface area contributed by atoms with Crippen LogP contribution in [-0.2, 0) is 9.53 Å². The lowest BCUT2D eigenvalue weighted by Gasteiger charge is -2.29. The highest BCUT2D eigenvalue weighted by Crippen LogP contribution is 2.39.